The molecule has 3 rings (SSSR count). The van der Waals surface area contributed by atoms with Gasteiger partial charge in [0.2, 0.25) is 0 Å². The lowest BCUT2D eigenvalue weighted by Gasteiger charge is -2.19. The standard InChI is InChI=1S/C19H15ClF6N2O.C2H6/c20-14-1-3-16(4-2-14)28-6-5-15(10-28)27-17(29)11-7-12(18(21,22)23)9-13(8-11)19(24,25)26;1-2/h1-4,7-9,15H,5-6,10H2,(H,27,29);1-2H3. The van der Waals surface area contributed by atoms with Gasteiger partial charge in [-0.3, -0.25) is 4.79 Å². The second kappa shape index (κ2) is 9.80. The number of carbonyl (C=O) groups excluding carboxylic acids is 1. The van der Waals surface area contributed by atoms with Crippen molar-refractivity contribution in [1.29, 1.82) is 0 Å². The van der Waals surface area contributed by atoms with Crippen LogP contribution in [0.2, 0.25) is 5.02 Å². The first-order valence-electron chi connectivity index (χ1n) is 9.54. The van der Waals surface area contributed by atoms with Gasteiger partial charge in [0.05, 0.1) is 11.1 Å². The first kappa shape index (κ1) is 24.8. The Kier molecular flexibility index (Phi) is 7.86. The van der Waals surface area contributed by atoms with Crippen molar-refractivity contribution < 1.29 is 31.1 Å². The molecular formula is C21H21ClF6N2O. The number of hydrogen-bond donors (Lipinski definition) is 1. The quantitative estimate of drug-likeness (QED) is 0.530. The molecule has 0 radical (unpaired) electrons. The van der Waals surface area contributed by atoms with Gasteiger partial charge in [-0.15, -0.1) is 0 Å². The largest absolute Gasteiger partial charge is 0.416 e. The van der Waals surface area contributed by atoms with Crippen LogP contribution in [0, 0.1) is 0 Å². The summed E-state index contributed by atoms with van der Waals surface area (Å²) in [6.07, 6.45) is -9.51. The molecule has 0 saturated carbocycles. The zero-order valence-electron chi connectivity index (χ0n) is 16.7. The van der Waals surface area contributed by atoms with E-state index in [-0.39, 0.29) is 6.07 Å². The van der Waals surface area contributed by atoms with Crippen LogP contribution < -0.4 is 10.2 Å². The average molecular weight is 467 g/mol. The highest BCUT2D eigenvalue weighted by Crippen LogP contribution is 2.36. The number of hydrogen-bond acceptors (Lipinski definition) is 2. The smallest absolute Gasteiger partial charge is 0.369 e. The van der Waals surface area contributed by atoms with E-state index in [1.165, 1.54) is 0 Å². The van der Waals surface area contributed by atoms with Gasteiger partial charge in [0.1, 0.15) is 0 Å². The summed E-state index contributed by atoms with van der Waals surface area (Å²) in [7, 11) is 0. The molecule has 1 atom stereocenters. The van der Waals surface area contributed by atoms with Crippen LogP contribution in [0.5, 0.6) is 0 Å². The van der Waals surface area contributed by atoms with E-state index in [1.54, 1.807) is 24.3 Å². The zero-order valence-corrected chi connectivity index (χ0v) is 17.5. The Morgan fingerprint density at radius 1 is 0.968 bits per heavy atom. The fourth-order valence-electron chi connectivity index (χ4n) is 3.12. The summed E-state index contributed by atoms with van der Waals surface area (Å²) >= 11 is 5.84. The van der Waals surface area contributed by atoms with E-state index >= 15 is 0 Å². The Labute approximate surface area is 181 Å². The van der Waals surface area contributed by atoms with Crippen molar-refractivity contribution in [2.75, 3.05) is 18.0 Å². The van der Waals surface area contributed by atoms with E-state index < -0.39 is 41.0 Å². The molecule has 1 N–H and O–H groups in total. The molecule has 1 unspecified atom stereocenters. The highest BCUT2D eigenvalue weighted by atomic mass is 35.5. The molecular weight excluding hydrogens is 446 g/mol. The Morgan fingerprint density at radius 3 is 1.97 bits per heavy atom. The van der Waals surface area contributed by atoms with Crippen LogP contribution in [0.1, 0.15) is 41.8 Å². The predicted octanol–water partition coefficient (Wildman–Crippen LogP) is 6.41. The minimum Gasteiger partial charge on any atom is -0.369 e. The van der Waals surface area contributed by atoms with Gasteiger partial charge in [0.25, 0.3) is 5.91 Å². The number of benzene rings is 2. The van der Waals surface area contributed by atoms with E-state index in [9.17, 15) is 31.1 Å². The average Bonchev–Trinajstić information content (AvgIpc) is 3.17. The van der Waals surface area contributed by atoms with E-state index in [1.807, 2.05) is 18.7 Å². The summed E-state index contributed by atoms with van der Waals surface area (Å²) in [6, 6.07) is 7.40. The van der Waals surface area contributed by atoms with Gasteiger partial charge in [-0.05, 0) is 48.9 Å². The highest BCUT2D eigenvalue weighted by Gasteiger charge is 2.37. The van der Waals surface area contributed by atoms with Crippen LogP contribution in [0.3, 0.4) is 0 Å². The maximum Gasteiger partial charge on any atom is 0.416 e. The second-order valence-electron chi connectivity index (χ2n) is 6.68. The summed E-state index contributed by atoms with van der Waals surface area (Å²) in [5.74, 6) is -0.982. The molecule has 1 aliphatic rings. The lowest BCUT2D eigenvalue weighted by Crippen LogP contribution is -2.37. The third kappa shape index (κ3) is 6.53. The molecule has 0 spiro atoms. The number of carbonyl (C=O) groups is 1. The highest BCUT2D eigenvalue weighted by molar-refractivity contribution is 6.30. The molecule has 31 heavy (non-hydrogen) atoms. The number of alkyl halides is 6. The topological polar surface area (TPSA) is 32.3 Å². The summed E-state index contributed by atoms with van der Waals surface area (Å²) in [5, 5.41) is 3.08. The first-order chi connectivity index (χ1) is 14.4. The molecule has 170 valence electrons. The Hall–Kier alpha value is -2.42. The van der Waals surface area contributed by atoms with E-state index in [0.717, 1.165) is 5.69 Å². The fourth-order valence-corrected chi connectivity index (χ4v) is 3.25. The van der Waals surface area contributed by atoms with Gasteiger partial charge in [-0.1, -0.05) is 25.4 Å². The van der Waals surface area contributed by atoms with E-state index in [2.05, 4.69) is 5.32 Å². The van der Waals surface area contributed by atoms with Gasteiger partial charge in [0, 0.05) is 35.4 Å². The summed E-state index contributed by atoms with van der Waals surface area (Å²) in [5.41, 5.74) is -2.87. The van der Waals surface area contributed by atoms with Gasteiger partial charge in [-0.2, -0.15) is 26.3 Å². The maximum absolute atomic E-state index is 13.0. The number of rotatable bonds is 3. The van der Waals surface area contributed by atoms with Crippen LogP contribution in [-0.2, 0) is 12.4 Å². The minimum atomic E-state index is -5.00. The van der Waals surface area contributed by atoms with Crippen LogP contribution in [0.4, 0.5) is 32.0 Å². The number of halogens is 7. The van der Waals surface area contributed by atoms with E-state index in [0.29, 0.717) is 36.7 Å². The normalized spacial score (nSPS) is 16.5. The van der Waals surface area contributed by atoms with Crippen molar-refractivity contribution in [3.63, 3.8) is 0 Å². The Bertz CT molecular complexity index is 864. The third-order valence-corrected chi connectivity index (χ3v) is 4.82. The van der Waals surface area contributed by atoms with Crippen LogP contribution in [0.25, 0.3) is 0 Å². The SMILES string of the molecule is CC.O=C(NC1CCN(c2ccc(Cl)cc2)C1)c1cc(C(F)(F)F)cc(C(F)(F)F)c1. The number of nitrogens with one attached hydrogen (secondary N) is 1. The molecule has 1 heterocycles. The van der Waals surface area contributed by atoms with Gasteiger partial charge >= 0.3 is 12.4 Å². The lowest BCUT2D eigenvalue weighted by molar-refractivity contribution is -0.143. The number of amides is 1. The Morgan fingerprint density at radius 2 is 1.48 bits per heavy atom. The molecule has 3 nitrogen and oxygen atoms in total. The zero-order chi connectivity index (χ0) is 23.4. The van der Waals surface area contributed by atoms with Crippen molar-refractivity contribution in [3.8, 4) is 0 Å². The lowest BCUT2D eigenvalue weighted by atomic mass is 10.0. The van der Waals surface area contributed by atoms with Crippen molar-refractivity contribution in [2.45, 2.75) is 38.7 Å². The first-order valence-corrected chi connectivity index (χ1v) is 9.92. The molecule has 1 aliphatic heterocycles. The third-order valence-electron chi connectivity index (χ3n) is 4.57. The molecule has 1 saturated heterocycles. The van der Waals surface area contributed by atoms with Crippen molar-refractivity contribution in [3.05, 3.63) is 64.2 Å². The monoisotopic (exact) mass is 466 g/mol. The predicted molar refractivity (Wildman–Crippen MR) is 107 cm³/mol. The number of nitrogens with zero attached hydrogens (tertiary/aromatic N) is 1. The minimum absolute atomic E-state index is 0.00534. The van der Waals surface area contributed by atoms with Crippen LogP contribution in [0.15, 0.2) is 42.5 Å². The van der Waals surface area contributed by atoms with Crippen molar-refractivity contribution >= 4 is 23.2 Å². The molecule has 1 amide bonds. The van der Waals surface area contributed by atoms with Crippen molar-refractivity contribution in [1.82, 2.24) is 5.32 Å². The molecule has 10 heteroatoms. The fraction of sp³-hybridized carbons (Fsp3) is 0.381. The summed E-state index contributed by atoms with van der Waals surface area (Å²) < 4.78 is 77.7. The van der Waals surface area contributed by atoms with E-state index in [4.69, 9.17) is 11.6 Å². The molecule has 0 aromatic heterocycles. The molecule has 1 fully saturated rings. The van der Waals surface area contributed by atoms with Gasteiger partial charge in [-0.25, -0.2) is 0 Å². The maximum atomic E-state index is 13.0. The van der Waals surface area contributed by atoms with Gasteiger partial charge < -0.3 is 10.2 Å². The number of anilines is 1. The molecule has 2 aromatic rings. The van der Waals surface area contributed by atoms with Gasteiger partial charge in [0.15, 0.2) is 0 Å². The summed E-state index contributed by atoms with van der Waals surface area (Å²) in [6.45, 7) is 4.95. The van der Waals surface area contributed by atoms with Crippen LogP contribution >= 0.6 is 11.6 Å². The molecule has 0 bridgehead atoms. The Balaban J connectivity index is 0.00000166. The van der Waals surface area contributed by atoms with Crippen molar-refractivity contribution in [2.24, 2.45) is 0 Å². The summed E-state index contributed by atoms with van der Waals surface area (Å²) in [4.78, 5) is 14.3. The molecule has 2 aromatic carbocycles. The molecule has 0 aliphatic carbocycles. The second-order valence-corrected chi connectivity index (χ2v) is 7.11. The van der Waals surface area contributed by atoms with Crippen LogP contribution in [-0.4, -0.2) is 25.0 Å².